The fraction of sp³-hybridized carbons (Fsp3) is 0.714. The Bertz CT molecular complexity index is 387. The van der Waals surface area contributed by atoms with E-state index >= 15 is 0 Å². The van der Waals surface area contributed by atoms with Crippen molar-refractivity contribution >= 4 is 17.6 Å². The molecule has 0 aliphatic heterocycles. The van der Waals surface area contributed by atoms with Gasteiger partial charge in [0.05, 0.1) is 5.75 Å². The van der Waals surface area contributed by atoms with E-state index in [1.807, 2.05) is 18.8 Å². The fourth-order valence-electron chi connectivity index (χ4n) is 2.30. The number of hydrogen-bond donors (Lipinski definition) is 1. The van der Waals surface area contributed by atoms with Crippen LogP contribution in [0, 0.1) is 5.92 Å². The number of thioether (sulfide) groups is 1. The number of aromatic nitrogens is 2. The Hall–Kier alpha value is -0.770. The Morgan fingerprint density at radius 3 is 2.72 bits per heavy atom. The topological polar surface area (TPSA) is 37.8 Å². The normalized spacial score (nSPS) is 14.7. The van der Waals surface area contributed by atoms with Gasteiger partial charge in [0, 0.05) is 18.3 Å². The van der Waals surface area contributed by atoms with Crippen LogP contribution in [0.4, 0.5) is 5.82 Å². The largest absolute Gasteiger partial charge is 0.373 e. The van der Waals surface area contributed by atoms with Crippen molar-refractivity contribution in [2.24, 2.45) is 5.92 Å². The first-order chi connectivity index (χ1) is 8.70. The van der Waals surface area contributed by atoms with E-state index in [2.05, 4.69) is 24.1 Å². The van der Waals surface area contributed by atoms with Gasteiger partial charge in [0.1, 0.15) is 11.6 Å². The average molecular weight is 265 g/mol. The number of nitrogens with one attached hydrogen (secondary N) is 1. The lowest BCUT2D eigenvalue weighted by Crippen LogP contribution is -2.13. The summed E-state index contributed by atoms with van der Waals surface area (Å²) in [5.74, 6) is 4.89. The highest BCUT2D eigenvalue weighted by molar-refractivity contribution is 7.98. The Balaban J connectivity index is 2.11. The molecule has 0 saturated heterocycles. The van der Waals surface area contributed by atoms with Gasteiger partial charge in [-0.2, -0.15) is 11.8 Å². The molecule has 4 heteroatoms. The molecule has 100 valence electrons. The summed E-state index contributed by atoms with van der Waals surface area (Å²) in [5.41, 5.74) is 2.63. The molecule has 3 nitrogen and oxygen atoms in total. The molecular weight excluding hydrogens is 242 g/mol. The molecule has 18 heavy (non-hydrogen) atoms. The summed E-state index contributed by atoms with van der Waals surface area (Å²) in [7, 11) is 1.96. The summed E-state index contributed by atoms with van der Waals surface area (Å²) < 4.78 is 0. The number of rotatable bonds is 5. The van der Waals surface area contributed by atoms with Crippen LogP contribution in [0.1, 0.15) is 43.8 Å². The van der Waals surface area contributed by atoms with Crippen molar-refractivity contribution in [1.29, 1.82) is 0 Å². The molecule has 0 bridgehead atoms. The molecule has 1 N–H and O–H groups in total. The van der Waals surface area contributed by atoms with Gasteiger partial charge >= 0.3 is 0 Å². The lowest BCUT2D eigenvalue weighted by molar-refractivity contribution is 0.659. The molecular formula is C14H23N3S. The lowest BCUT2D eigenvalue weighted by atomic mass is 9.96. The number of aryl methyl sites for hydroxylation is 1. The van der Waals surface area contributed by atoms with Crippen LogP contribution in [-0.4, -0.2) is 22.8 Å². The second-order valence-corrected chi connectivity index (χ2v) is 6.31. The predicted molar refractivity (Wildman–Crippen MR) is 79.2 cm³/mol. The van der Waals surface area contributed by atoms with Gasteiger partial charge in [0.15, 0.2) is 0 Å². The van der Waals surface area contributed by atoms with Crippen LogP contribution in [0.25, 0.3) is 0 Å². The summed E-state index contributed by atoms with van der Waals surface area (Å²) >= 11 is 1.93. The zero-order valence-electron chi connectivity index (χ0n) is 11.6. The molecule has 2 rings (SSSR count). The Kier molecular flexibility index (Phi) is 4.87. The molecule has 1 aliphatic rings. The third-order valence-electron chi connectivity index (χ3n) is 3.15. The molecule has 0 fully saturated rings. The Morgan fingerprint density at radius 2 is 2.00 bits per heavy atom. The lowest BCUT2D eigenvalue weighted by Gasteiger charge is -2.18. The maximum absolute atomic E-state index is 4.75. The standard InChI is InChI=1S/C14H23N3S/c1-10(2)8-18-9-13-16-12-7-5-4-6-11(12)14(15-3)17-13/h10H,4-9H2,1-3H3,(H,15,16,17). The van der Waals surface area contributed by atoms with Crippen molar-refractivity contribution in [3.05, 3.63) is 17.1 Å². The monoisotopic (exact) mass is 265 g/mol. The van der Waals surface area contributed by atoms with Crippen molar-refractivity contribution < 1.29 is 0 Å². The van der Waals surface area contributed by atoms with E-state index in [4.69, 9.17) is 4.98 Å². The fourth-order valence-corrected chi connectivity index (χ4v) is 3.20. The minimum Gasteiger partial charge on any atom is -0.373 e. The third-order valence-corrected chi connectivity index (χ3v) is 4.51. The van der Waals surface area contributed by atoms with Crippen LogP contribution in [0.15, 0.2) is 0 Å². The molecule has 1 aromatic heterocycles. The summed E-state index contributed by atoms with van der Waals surface area (Å²) in [5, 5.41) is 3.23. The molecule has 0 atom stereocenters. The molecule has 0 amide bonds. The summed E-state index contributed by atoms with van der Waals surface area (Å²) in [6.45, 7) is 4.50. The van der Waals surface area contributed by atoms with Gasteiger partial charge in [0.2, 0.25) is 0 Å². The van der Waals surface area contributed by atoms with Crippen molar-refractivity contribution in [2.45, 2.75) is 45.3 Å². The highest BCUT2D eigenvalue weighted by atomic mass is 32.2. The summed E-state index contributed by atoms with van der Waals surface area (Å²) in [4.78, 5) is 9.41. The Labute approximate surface area is 114 Å². The molecule has 0 unspecified atom stereocenters. The molecule has 1 aromatic rings. The number of hydrogen-bond acceptors (Lipinski definition) is 4. The van der Waals surface area contributed by atoms with Crippen LogP contribution in [0.3, 0.4) is 0 Å². The minimum atomic E-state index is 0.733. The predicted octanol–water partition coefficient (Wildman–Crippen LogP) is 3.29. The summed E-state index contributed by atoms with van der Waals surface area (Å²) in [6, 6.07) is 0. The highest BCUT2D eigenvalue weighted by Crippen LogP contribution is 2.26. The molecule has 0 spiro atoms. The second kappa shape index (κ2) is 6.41. The van der Waals surface area contributed by atoms with Gasteiger partial charge < -0.3 is 5.32 Å². The van der Waals surface area contributed by atoms with Gasteiger partial charge in [-0.1, -0.05) is 13.8 Å². The molecule has 0 saturated carbocycles. The first-order valence-corrected chi connectivity index (χ1v) is 8.00. The smallest absolute Gasteiger partial charge is 0.140 e. The van der Waals surface area contributed by atoms with Crippen LogP contribution in [0.5, 0.6) is 0 Å². The number of nitrogens with zero attached hydrogens (tertiary/aromatic N) is 2. The van der Waals surface area contributed by atoms with Gasteiger partial charge in [-0.3, -0.25) is 0 Å². The molecule has 1 aliphatic carbocycles. The quantitative estimate of drug-likeness (QED) is 0.886. The van der Waals surface area contributed by atoms with Crippen LogP contribution in [0.2, 0.25) is 0 Å². The Morgan fingerprint density at radius 1 is 1.22 bits per heavy atom. The molecule has 1 heterocycles. The van der Waals surface area contributed by atoms with E-state index in [1.54, 1.807) is 0 Å². The van der Waals surface area contributed by atoms with E-state index in [0.29, 0.717) is 0 Å². The minimum absolute atomic E-state index is 0.733. The van der Waals surface area contributed by atoms with Crippen molar-refractivity contribution in [3.8, 4) is 0 Å². The number of anilines is 1. The molecule has 0 radical (unpaired) electrons. The van der Waals surface area contributed by atoms with Crippen LogP contribution >= 0.6 is 11.8 Å². The number of fused-ring (bicyclic) bond motifs is 1. The van der Waals surface area contributed by atoms with E-state index in [9.17, 15) is 0 Å². The average Bonchev–Trinajstić information content (AvgIpc) is 2.37. The molecule has 0 aromatic carbocycles. The van der Waals surface area contributed by atoms with E-state index in [0.717, 1.165) is 36.2 Å². The third kappa shape index (κ3) is 3.37. The zero-order chi connectivity index (χ0) is 13.0. The van der Waals surface area contributed by atoms with Gasteiger partial charge in [0.25, 0.3) is 0 Å². The highest BCUT2D eigenvalue weighted by Gasteiger charge is 2.16. The van der Waals surface area contributed by atoms with Crippen molar-refractivity contribution in [3.63, 3.8) is 0 Å². The van der Waals surface area contributed by atoms with E-state index < -0.39 is 0 Å². The van der Waals surface area contributed by atoms with E-state index in [-0.39, 0.29) is 0 Å². The zero-order valence-corrected chi connectivity index (χ0v) is 12.4. The second-order valence-electron chi connectivity index (χ2n) is 5.28. The maximum Gasteiger partial charge on any atom is 0.140 e. The SMILES string of the molecule is CNc1nc(CSCC(C)C)nc2c1CCCC2. The van der Waals surface area contributed by atoms with Gasteiger partial charge in [-0.05, 0) is 37.4 Å². The first kappa shape index (κ1) is 13.7. The maximum atomic E-state index is 4.75. The van der Waals surface area contributed by atoms with Crippen molar-refractivity contribution in [2.75, 3.05) is 18.1 Å². The van der Waals surface area contributed by atoms with Gasteiger partial charge in [-0.15, -0.1) is 0 Å². The summed E-state index contributed by atoms with van der Waals surface area (Å²) in [6.07, 6.45) is 4.79. The van der Waals surface area contributed by atoms with Crippen LogP contribution < -0.4 is 5.32 Å². The van der Waals surface area contributed by atoms with Crippen LogP contribution in [-0.2, 0) is 18.6 Å². The van der Waals surface area contributed by atoms with Crippen molar-refractivity contribution in [1.82, 2.24) is 9.97 Å². The van der Waals surface area contributed by atoms with Gasteiger partial charge in [-0.25, -0.2) is 9.97 Å². The first-order valence-electron chi connectivity index (χ1n) is 6.85. The van der Waals surface area contributed by atoms with E-state index in [1.165, 1.54) is 29.9 Å².